The van der Waals surface area contributed by atoms with Crippen LogP contribution in [0, 0.1) is 6.92 Å². The number of anilines is 2. The van der Waals surface area contributed by atoms with E-state index in [1.807, 2.05) is 12.1 Å². The number of esters is 1. The molecule has 0 aliphatic carbocycles. The van der Waals surface area contributed by atoms with Crippen LogP contribution in [-0.2, 0) is 28.7 Å². The molecule has 0 bridgehead atoms. The molecule has 1 radical (unpaired) electrons. The number of nitrogens with two attached hydrogens (primary N) is 2. The van der Waals surface area contributed by atoms with Crippen LogP contribution in [0.3, 0.4) is 0 Å². The maximum Gasteiger partial charge on any atom is 0.426 e. The molecule has 0 fully saturated rings. The van der Waals surface area contributed by atoms with Crippen LogP contribution in [0.1, 0.15) is 40.7 Å². The Bertz CT molecular complexity index is 1620. The van der Waals surface area contributed by atoms with E-state index in [1.165, 1.54) is 60.7 Å². The average molecular weight is 610 g/mol. The van der Waals surface area contributed by atoms with Crippen molar-refractivity contribution in [2.24, 2.45) is 0 Å². The zero-order valence-corrected chi connectivity index (χ0v) is 23.5. The minimum absolute atomic E-state index is 0.0651. The molecule has 0 heterocycles. The van der Waals surface area contributed by atoms with E-state index in [2.05, 4.69) is 6.92 Å². The van der Waals surface area contributed by atoms with Gasteiger partial charge in [0.15, 0.2) is 0 Å². The molecule has 10 heteroatoms. The number of hydrogen-bond donors (Lipinski definition) is 2. The van der Waals surface area contributed by atoms with E-state index in [0.717, 1.165) is 11.1 Å². The summed E-state index contributed by atoms with van der Waals surface area (Å²) in [5.41, 5.74) is 16.5. The number of carbonyl (C=O) groups excluding carboxylic acids is 1. The predicted octanol–water partition coefficient (Wildman–Crippen LogP) is 8.47. The van der Waals surface area contributed by atoms with Crippen LogP contribution in [0.15, 0.2) is 91.0 Å². The highest BCUT2D eigenvalue weighted by atomic mass is 19.4. The Balaban J connectivity index is 1.33. The molecule has 4 rings (SSSR count). The summed E-state index contributed by atoms with van der Waals surface area (Å²) in [5.74, 6) is -0.780. The molecular formula is C34H30F5N2O3. The summed E-state index contributed by atoms with van der Waals surface area (Å²) in [5, 5.41) is 0. The summed E-state index contributed by atoms with van der Waals surface area (Å²) < 4.78 is 76.7. The normalized spacial score (nSPS) is 12.0. The van der Waals surface area contributed by atoms with Gasteiger partial charge in [-0.1, -0.05) is 36.4 Å². The molecule has 4 aromatic carbocycles. The first kappa shape index (κ1) is 32.1. The van der Waals surface area contributed by atoms with Crippen molar-refractivity contribution < 1.29 is 36.2 Å². The molecule has 0 atom stereocenters. The van der Waals surface area contributed by atoms with Crippen molar-refractivity contribution in [2.45, 2.75) is 38.2 Å². The van der Waals surface area contributed by atoms with Crippen molar-refractivity contribution in [3.63, 3.8) is 0 Å². The first-order chi connectivity index (χ1) is 20.8. The zero-order chi connectivity index (χ0) is 31.9. The van der Waals surface area contributed by atoms with Gasteiger partial charge in [0.05, 0.1) is 5.56 Å². The highest BCUT2D eigenvalue weighted by Crippen LogP contribution is 2.33. The number of carbonyl (C=O) groups is 1. The van der Waals surface area contributed by atoms with Gasteiger partial charge in [0.25, 0.3) is 0 Å². The highest BCUT2D eigenvalue weighted by molar-refractivity contribution is 5.87. The Labute approximate surface area is 251 Å². The Morgan fingerprint density at radius 2 is 1.45 bits per heavy atom. The smallest absolute Gasteiger partial charge is 0.426 e. The van der Waals surface area contributed by atoms with Gasteiger partial charge < -0.3 is 20.9 Å². The maximum atomic E-state index is 14.8. The molecule has 4 aromatic rings. The fraction of sp³-hybridized carbons (Fsp3) is 0.176. The van der Waals surface area contributed by atoms with Gasteiger partial charge in [-0.05, 0) is 108 Å². The molecule has 0 unspecified atom stereocenters. The lowest BCUT2D eigenvalue weighted by Gasteiger charge is -2.18. The summed E-state index contributed by atoms with van der Waals surface area (Å²) >= 11 is 0. The molecule has 0 aromatic heterocycles. The standard InChI is InChI=1S/C34H30F5N2O3/c1-22-19-27(40)11-15-30(22)31-16-12-28(41)20-25(31)21-43-32(42)17-8-24-4-9-26(10-5-24)34(38,39)44-29-13-6-23(7-14-29)3-2-18-33(35,36)37/h4-17,19-20H,1-3,18,21,40-41H2/b17-8+. The number of nitrogen functional groups attached to an aromatic ring is 2. The number of benzene rings is 4. The molecular weight excluding hydrogens is 579 g/mol. The predicted molar refractivity (Wildman–Crippen MR) is 160 cm³/mol. The van der Waals surface area contributed by atoms with Crippen molar-refractivity contribution in [3.8, 4) is 16.9 Å². The van der Waals surface area contributed by atoms with E-state index in [1.54, 1.807) is 24.3 Å². The fourth-order valence-corrected chi connectivity index (χ4v) is 4.45. The molecule has 0 aliphatic rings. The van der Waals surface area contributed by atoms with Crippen LogP contribution in [0.4, 0.5) is 33.3 Å². The highest BCUT2D eigenvalue weighted by Gasteiger charge is 2.34. The second-order valence-corrected chi connectivity index (χ2v) is 10.1. The van der Waals surface area contributed by atoms with Gasteiger partial charge >= 0.3 is 18.3 Å². The number of rotatable bonds is 11. The second-order valence-electron chi connectivity index (χ2n) is 10.1. The third-order valence-electron chi connectivity index (χ3n) is 6.67. The number of hydrogen-bond acceptors (Lipinski definition) is 5. The molecule has 0 spiro atoms. The Morgan fingerprint density at radius 3 is 2.09 bits per heavy atom. The topological polar surface area (TPSA) is 87.6 Å². The Kier molecular flexibility index (Phi) is 9.93. The molecule has 5 nitrogen and oxygen atoms in total. The zero-order valence-electron chi connectivity index (χ0n) is 23.5. The van der Waals surface area contributed by atoms with Gasteiger partial charge in [0, 0.05) is 23.9 Å². The van der Waals surface area contributed by atoms with E-state index in [-0.39, 0.29) is 25.2 Å². The van der Waals surface area contributed by atoms with Gasteiger partial charge in [-0.2, -0.15) is 22.0 Å². The Hall–Kier alpha value is -4.86. The molecule has 0 saturated carbocycles. The van der Waals surface area contributed by atoms with Crippen LogP contribution in [0.5, 0.6) is 5.75 Å². The van der Waals surface area contributed by atoms with E-state index in [9.17, 15) is 26.7 Å². The summed E-state index contributed by atoms with van der Waals surface area (Å²) in [6.07, 6.45) is -6.14. The van der Waals surface area contributed by atoms with E-state index >= 15 is 0 Å². The van der Waals surface area contributed by atoms with Crippen LogP contribution in [0.25, 0.3) is 17.2 Å². The largest absolute Gasteiger partial charge is 0.458 e. The molecule has 0 saturated heterocycles. The van der Waals surface area contributed by atoms with Crippen LogP contribution in [-0.4, -0.2) is 12.1 Å². The van der Waals surface area contributed by atoms with Crippen molar-refractivity contribution >= 4 is 23.4 Å². The number of ether oxygens (including phenoxy) is 2. The van der Waals surface area contributed by atoms with Crippen LogP contribution in [0.2, 0.25) is 0 Å². The van der Waals surface area contributed by atoms with E-state index in [4.69, 9.17) is 20.9 Å². The van der Waals surface area contributed by atoms with Gasteiger partial charge in [-0.15, -0.1) is 0 Å². The lowest BCUT2D eigenvalue weighted by molar-refractivity contribution is -0.185. The van der Waals surface area contributed by atoms with Gasteiger partial charge in [0.1, 0.15) is 12.4 Å². The number of halogens is 5. The minimum atomic E-state index is -4.24. The minimum Gasteiger partial charge on any atom is -0.458 e. The lowest BCUT2D eigenvalue weighted by atomic mass is 9.95. The number of alkyl halides is 5. The summed E-state index contributed by atoms with van der Waals surface area (Å²) in [6.45, 7) is 3.96. The van der Waals surface area contributed by atoms with Crippen molar-refractivity contribution in [1.82, 2.24) is 0 Å². The monoisotopic (exact) mass is 609 g/mol. The number of aryl methyl sites for hydroxylation is 1. The molecule has 4 N–H and O–H groups in total. The first-order valence-electron chi connectivity index (χ1n) is 13.6. The summed E-state index contributed by atoms with van der Waals surface area (Å²) in [7, 11) is 0. The van der Waals surface area contributed by atoms with E-state index < -0.39 is 30.2 Å². The SMILES string of the molecule is [CH2]c1cc(N)ccc1-c1ccc(N)cc1COC(=O)/C=C/c1ccc(C(F)(F)Oc2ccc(CCCC(F)(F)F)cc2)cc1. The fourth-order valence-electron chi connectivity index (χ4n) is 4.45. The third-order valence-corrected chi connectivity index (χ3v) is 6.67. The van der Waals surface area contributed by atoms with Crippen LogP contribution >= 0.6 is 0 Å². The van der Waals surface area contributed by atoms with Crippen molar-refractivity contribution in [3.05, 3.63) is 126 Å². The van der Waals surface area contributed by atoms with Crippen molar-refractivity contribution in [1.29, 1.82) is 0 Å². The quantitative estimate of drug-likeness (QED) is 0.0771. The second kappa shape index (κ2) is 13.6. The maximum absolute atomic E-state index is 14.8. The molecule has 0 aliphatic heterocycles. The lowest BCUT2D eigenvalue weighted by Crippen LogP contribution is -2.21. The molecule has 44 heavy (non-hydrogen) atoms. The van der Waals surface area contributed by atoms with Gasteiger partial charge in [-0.25, -0.2) is 4.79 Å². The van der Waals surface area contributed by atoms with Crippen LogP contribution < -0.4 is 16.2 Å². The molecule has 229 valence electrons. The van der Waals surface area contributed by atoms with E-state index in [0.29, 0.717) is 33.6 Å². The summed E-state index contributed by atoms with van der Waals surface area (Å²) in [4.78, 5) is 12.4. The van der Waals surface area contributed by atoms with Gasteiger partial charge in [0.2, 0.25) is 0 Å². The first-order valence-corrected chi connectivity index (χ1v) is 13.6. The van der Waals surface area contributed by atoms with Crippen molar-refractivity contribution in [2.75, 3.05) is 11.5 Å². The van der Waals surface area contributed by atoms with Gasteiger partial charge in [-0.3, -0.25) is 0 Å². The average Bonchev–Trinajstić information content (AvgIpc) is 2.96. The summed E-state index contributed by atoms with van der Waals surface area (Å²) in [6, 6.07) is 21.2. The third kappa shape index (κ3) is 9.07. The molecule has 0 amide bonds. The Morgan fingerprint density at radius 1 is 0.818 bits per heavy atom.